The fraction of sp³-hybridized carbons (Fsp3) is 0.0714. The Hall–Kier alpha value is -4.80. The summed E-state index contributed by atoms with van der Waals surface area (Å²) >= 11 is 12.6. The summed E-state index contributed by atoms with van der Waals surface area (Å²) in [6.07, 6.45) is 0. The molecule has 5 rings (SSSR count). The van der Waals surface area contributed by atoms with Crippen LogP contribution in [0.5, 0.6) is 11.5 Å². The monoisotopic (exact) mass is 578 g/mol. The van der Waals surface area contributed by atoms with Gasteiger partial charge in [-0.05, 0) is 36.4 Å². The number of methoxy groups -OCH3 is 2. The Morgan fingerprint density at radius 3 is 1.35 bits per heavy atom. The average Bonchev–Trinajstić information content (AvgIpc) is 3.31. The van der Waals surface area contributed by atoms with E-state index in [0.717, 1.165) is 9.80 Å². The van der Waals surface area contributed by atoms with Gasteiger partial charge in [0.15, 0.2) is 0 Å². The van der Waals surface area contributed by atoms with Gasteiger partial charge in [-0.15, -0.1) is 0 Å². The van der Waals surface area contributed by atoms with E-state index < -0.39 is 23.6 Å². The standard InChI is InChI=1S/C28H20Cl2N4O6/c1-39-17-9-5-7-15(13-17)31-23-21(29)25(35)33(27(23)37)19-11-3-4-12-20(19)34-26(36)22(30)24(28(34)38)32-16-8-6-10-18(14-16)40-2/h3-14,31-32H,1-2H3. The van der Waals surface area contributed by atoms with Crippen molar-refractivity contribution in [2.45, 2.75) is 0 Å². The number of nitrogens with zero attached hydrogens (tertiary/aromatic N) is 2. The Morgan fingerprint density at radius 1 is 0.575 bits per heavy atom. The highest BCUT2D eigenvalue weighted by atomic mass is 35.5. The van der Waals surface area contributed by atoms with Crippen LogP contribution in [0.3, 0.4) is 0 Å². The molecule has 4 amide bonds. The van der Waals surface area contributed by atoms with Crippen LogP contribution in [-0.2, 0) is 19.2 Å². The van der Waals surface area contributed by atoms with Crippen LogP contribution in [0.1, 0.15) is 0 Å². The molecule has 0 aromatic heterocycles. The Bertz CT molecular complexity index is 1530. The molecule has 0 atom stereocenters. The molecule has 40 heavy (non-hydrogen) atoms. The van der Waals surface area contributed by atoms with Crippen LogP contribution >= 0.6 is 23.2 Å². The van der Waals surface area contributed by atoms with Crippen LogP contribution in [0.15, 0.2) is 94.3 Å². The van der Waals surface area contributed by atoms with Gasteiger partial charge in [0.25, 0.3) is 23.6 Å². The van der Waals surface area contributed by atoms with Gasteiger partial charge >= 0.3 is 0 Å². The molecule has 0 radical (unpaired) electrons. The van der Waals surface area contributed by atoms with Crippen molar-refractivity contribution in [3.63, 3.8) is 0 Å². The van der Waals surface area contributed by atoms with Crippen LogP contribution in [-0.4, -0.2) is 37.8 Å². The van der Waals surface area contributed by atoms with Gasteiger partial charge < -0.3 is 20.1 Å². The SMILES string of the molecule is COc1cccc(NC2=C(Cl)C(=O)N(c3ccccc3N3C(=O)C(Cl)=C(Nc4cccc(OC)c4)C3=O)C2=O)c1. The first-order chi connectivity index (χ1) is 19.2. The highest BCUT2D eigenvalue weighted by molar-refractivity contribution is 6.55. The van der Waals surface area contributed by atoms with Crippen molar-refractivity contribution in [3.05, 3.63) is 94.3 Å². The summed E-state index contributed by atoms with van der Waals surface area (Å²) < 4.78 is 10.4. The van der Waals surface area contributed by atoms with Gasteiger partial charge in [0.05, 0.1) is 25.6 Å². The molecular weight excluding hydrogens is 559 g/mol. The molecule has 202 valence electrons. The molecule has 10 nitrogen and oxygen atoms in total. The van der Waals surface area contributed by atoms with E-state index in [1.807, 2.05) is 0 Å². The van der Waals surface area contributed by atoms with Gasteiger partial charge in [-0.3, -0.25) is 19.2 Å². The zero-order valence-electron chi connectivity index (χ0n) is 21.0. The Morgan fingerprint density at radius 2 is 0.975 bits per heavy atom. The quantitative estimate of drug-likeness (QED) is 0.373. The van der Waals surface area contributed by atoms with Crippen LogP contribution < -0.4 is 29.9 Å². The third kappa shape index (κ3) is 4.63. The Labute approximate surface area is 238 Å². The summed E-state index contributed by atoms with van der Waals surface area (Å²) in [4.78, 5) is 54.9. The number of halogens is 2. The zero-order chi connectivity index (χ0) is 28.6. The molecular formula is C28H20Cl2N4O6. The number of hydrogen-bond donors (Lipinski definition) is 2. The molecule has 3 aromatic carbocycles. The first-order valence-corrected chi connectivity index (χ1v) is 12.5. The molecule has 0 saturated carbocycles. The molecule has 3 aromatic rings. The minimum atomic E-state index is -0.836. The third-order valence-electron chi connectivity index (χ3n) is 6.10. The van der Waals surface area contributed by atoms with E-state index in [9.17, 15) is 19.2 Å². The summed E-state index contributed by atoms with van der Waals surface area (Å²) in [5.74, 6) is -2.19. The second-order valence-electron chi connectivity index (χ2n) is 8.47. The third-order valence-corrected chi connectivity index (χ3v) is 6.80. The number of imide groups is 2. The predicted octanol–water partition coefficient (Wildman–Crippen LogP) is 4.58. The number of para-hydroxylation sites is 2. The van der Waals surface area contributed by atoms with Crippen molar-refractivity contribution in [2.24, 2.45) is 0 Å². The molecule has 0 spiro atoms. The van der Waals surface area contributed by atoms with E-state index in [0.29, 0.717) is 22.9 Å². The van der Waals surface area contributed by atoms with Gasteiger partial charge in [0.2, 0.25) is 0 Å². The minimum Gasteiger partial charge on any atom is -0.497 e. The number of carbonyl (C=O) groups is 4. The number of rotatable bonds is 8. The lowest BCUT2D eigenvalue weighted by molar-refractivity contribution is -0.122. The molecule has 0 fully saturated rings. The van der Waals surface area contributed by atoms with E-state index in [1.165, 1.54) is 26.4 Å². The number of nitrogens with one attached hydrogen (secondary N) is 2. The van der Waals surface area contributed by atoms with Crippen molar-refractivity contribution < 1.29 is 28.7 Å². The van der Waals surface area contributed by atoms with E-state index >= 15 is 0 Å². The largest absolute Gasteiger partial charge is 0.497 e. The summed E-state index contributed by atoms with van der Waals surface area (Å²) in [6, 6.07) is 19.3. The Balaban J connectivity index is 1.45. The molecule has 2 aliphatic rings. The number of benzene rings is 3. The maximum Gasteiger partial charge on any atom is 0.283 e. The van der Waals surface area contributed by atoms with E-state index in [1.54, 1.807) is 60.7 Å². The van der Waals surface area contributed by atoms with E-state index in [2.05, 4.69) is 10.6 Å². The van der Waals surface area contributed by atoms with Gasteiger partial charge in [0, 0.05) is 23.5 Å². The normalized spacial score (nSPS) is 15.4. The molecule has 12 heteroatoms. The average molecular weight is 579 g/mol. The van der Waals surface area contributed by atoms with Gasteiger partial charge in [-0.1, -0.05) is 47.5 Å². The summed E-state index contributed by atoms with van der Waals surface area (Å²) in [5, 5.41) is 5.00. The summed E-state index contributed by atoms with van der Waals surface area (Å²) in [5.41, 5.74) is 0.491. The fourth-order valence-electron chi connectivity index (χ4n) is 4.19. The highest BCUT2D eigenvalue weighted by Crippen LogP contribution is 2.40. The topological polar surface area (TPSA) is 117 Å². The fourth-order valence-corrected chi connectivity index (χ4v) is 4.62. The zero-order valence-corrected chi connectivity index (χ0v) is 22.5. The second-order valence-corrected chi connectivity index (χ2v) is 9.23. The molecule has 2 heterocycles. The highest BCUT2D eigenvalue weighted by Gasteiger charge is 2.44. The van der Waals surface area contributed by atoms with Gasteiger partial charge in [0.1, 0.15) is 33.0 Å². The van der Waals surface area contributed by atoms with Crippen molar-refractivity contribution in [1.82, 2.24) is 0 Å². The minimum absolute atomic E-state index is 0.0353. The van der Waals surface area contributed by atoms with E-state index in [4.69, 9.17) is 32.7 Å². The van der Waals surface area contributed by atoms with Crippen LogP contribution in [0.2, 0.25) is 0 Å². The van der Waals surface area contributed by atoms with Gasteiger partial charge in [-0.25, -0.2) is 9.80 Å². The molecule has 2 aliphatic heterocycles. The lowest BCUT2D eigenvalue weighted by atomic mass is 10.2. The van der Waals surface area contributed by atoms with Crippen LogP contribution in [0.4, 0.5) is 22.7 Å². The van der Waals surface area contributed by atoms with Crippen molar-refractivity contribution in [2.75, 3.05) is 34.7 Å². The first-order valence-electron chi connectivity index (χ1n) is 11.7. The number of hydrogen-bond acceptors (Lipinski definition) is 8. The number of ether oxygens (including phenoxy) is 2. The second kappa shape index (κ2) is 10.8. The van der Waals surface area contributed by atoms with Crippen molar-refractivity contribution in [3.8, 4) is 11.5 Å². The number of anilines is 4. The van der Waals surface area contributed by atoms with Crippen molar-refractivity contribution in [1.29, 1.82) is 0 Å². The van der Waals surface area contributed by atoms with Crippen LogP contribution in [0.25, 0.3) is 0 Å². The lowest BCUT2D eigenvalue weighted by Gasteiger charge is -2.23. The smallest absolute Gasteiger partial charge is 0.283 e. The lowest BCUT2D eigenvalue weighted by Crippen LogP contribution is -2.37. The molecule has 0 saturated heterocycles. The summed E-state index contributed by atoms with van der Waals surface area (Å²) in [6.45, 7) is 0. The predicted molar refractivity (Wildman–Crippen MR) is 150 cm³/mol. The van der Waals surface area contributed by atoms with E-state index in [-0.39, 0.29) is 32.8 Å². The number of amides is 4. The molecule has 2 N–H and O–H groups in total. The first kappa shape index (κ1) is 26.8. The Kier molecular flexibility index (Phi) is 7.20. The summed E-state index contributed by atoms with van der Waals surface area (Å²) in [7, 11) is 2.99. The maximum atomic E-state index is 13.5. The maximum absolute atomic E-state index is 13.5. The number of carbonyl (C=O) groups excluding carboxylic acids is 4. The molecule has 0 aliphatic carbocycles. The molecule has 0 bridgehead atoms. The van der Waals surface area contributed by atoms with Crippen LogP contribution in [0, 0.1) is 0 Å². The van der Waals surface area contributed by atoms with Crippen molar-refractivity contribution >= 4 is 69.6 Å². The molecule has 0 unspecified atom stereocenters. The van der Waals surface area contributed by atoms with Gasteiger partial charge in [-0.2, -0.15) is 0 Å².